The normalized spacial score (nSPS) is 12.6. The third kappa shape index (κ3) is 9.46. The minimum Gasteiger partial charge on any atom is -0.0579 e. The molecule has 0 aliphatic rings. The lowest BCUT2D eigenvalue weighted by atomic mass is 9.64. The van der Waals surface area contributed by atoms with Gasteiger partial charge in [0.05, 0.1) is 5.41 Å². The van der Waals surface area contributed by atoms with Crippen LogP contribution < -0.4 is 0 Å². The molecule has 0 aromatic heterocycles. The van der Waals surface area contributed by atoms with Crippen LogP contribution in [0.15, 0.2) is 194 Å². The summed E-state index contributed by atoms with van der Waals surface area (Å²) in [7, 11) is 0. The Hall–Kier alpha value is -6.24. The molecule has 0 heteroatoms. The SMILES string of the molecule is CC(C)(C)c1ccc(-c2ccc(C(c3ccc(-c4ccc(C(C)(C)C)cc4)cc3)(c3ccc(-c4ccc(C(C)(C)C)cc4)cc3)c3ccc(-c4ccc(C(C)(C)C)cc4)cc3)cc2)cc1. The van der Waals surface area contributed by atoms with Gasteiger partial charge in [-0.05, 0) is 111 Å². The molecule has 0 atom stereocenters. The van der Waals surface area contributed by atoms with E-state index in [4.69, 9.17) is 0 Å². The summed E-state index contributed by atoms with van der Waals surface area (Å²) in [6, 6.07) is 73.9. The zero-order chi connectivity index (χ0) is 46.4. The summed E-state index contributed by atoms with van der Waals surface area (Å²) >= 11 is 0. The van der Waals surface area contributed by atoms with Gasteiger partial charge in [0.25, 0.3) is 0 Å². The first kappa shape index (κ1) is 45.3. The van der Waals surface area contributed by atoms with E-state index in [1.165, 1.54) is 89.0 Å². The molecule has 0 N–H and O–H groups in total. The van der Waals surface area contributed by atoms with Crippen molar-refractivity contribution in [1.82, 2.24) is 0 Å². The third-order valence-electron chi connectivity index (χ3n) is 13.6. The molecule has 0 heterocycles. The lowest BCUT2D eigenvalue weighted by molar-refractivity contribution is 0.590. The molecule has 0 fully saturated rings. The number of benzene rings is 8. The molecule has 0 aliphatic carbocycles. The van der Waals surface area contributed by atoms with Crippen molar-refractivity contribution in [3.63, 3.8) is 0 Å². The molecule has 328 valence electrons. The molecule has 8 aromatic rings. The van der Waals surface area contributed by atoms with Crippen molar-refractivity contribution in [2.75, 3.05) is 0 Å². The second-order valence-corrected chi connectivity index (χ2v) is 22.4. The van der Waals surface area contributed by atoms with Gasteiger partial charge in [-0.15, -0.1) is 0 Å². The van der Waals surface area contributed by atoms with E-state index >= 15 is 0 Å². The van der Waals surface area contributed by atoms with E-state index in [-0.39, 0.29) is 21.7 Å². The van der Waals surface area contributed by atoms with Gasteiger partial charge >= 0.3 is 0 Å². The fourth-order valence-corrected chi connectivity index (χ4v) is 9.30. The fourth-order valence-electron chi connectivity index (χ4n) is 9.30. The van der Waals surface area contributed by atoms with Gasteiger partial charge in [0.2, 0.25) is 0 Å². The van der Waals surface area contributed by atoms with Gasteiger partial charge in [0.1, 0.15) is 0 Å². The topological polar surface area (TPSA) is 0 Å². The molecule has 0 bridgehead atoms. The maximum atomic E-state index is 2.37. The Labute approximate surface area is 391 Å². The lowest BCUT2D eigenvalue weighted by Gasteiger charge is -2.37. The quantitative estimate of drug-likeness (QED) is 0.134. The number of rotatable bonds is 8. The van der Waals surface area contributed by atoms with Crippen LogP contribution in [0.2, 0.25) is 0 Å². The van der Waals surface area contributed by atoms with Crippen LogP contribution >= 0.6 is 0 Å². The van der Waals surface area contributed by atoms with Crippen molar-refractivity contribution in [3.05, 3.63) is 239 Å². The molecular weight excluding hydrogens is 781 g/mol. The standard InChI is InChI=1S/C65H68/c1-61(2,3)53-29-13-45(14-30-53)49-21-37-57(38-22-49)65(58-39-23-50(24-40-58)46-15-31-54(32-16-46)62(4,5)6,59-41-25-51(26-42-59)47-17-33-55(34-18-47)63(7,8)9)60-43-27-52(28-44-60)48-19-35-56(36-20-48)64(10,11)12/h13-44H,1-12H3. The van der Waals surface area contributed by atoms with E-state index in [0.29, 0.717) is 0 Å². The van der Waals surface area contributed by atoms with E-state index in [1.54, 1.807) is 0 Å². The third-order valence-corrected chi connectivity index (χ3v) is 13.6. The van der Waals surface area contributed by atoms with E-state index in [9.17, 15) is 0 Å². The van der Waals surface area contributed by atoms with Gasteiger partial charge in [0.15, 0.2) is 0 Å². The smallest absolute Gasteiger partial charge is 0.0579 e. The molecule has 0 radical (unpaired) electrons. The van der Waals surface area contributed by atoms with Crippen molar-refractivity contribution >= 4 is 0 Å². The Morgan fingerprint density at radius 3 is 0.369 bits per heavy atom. The Morgan fingerprint density at radius 2 is 0.262 bits per heavy atom. The highest BCUT2D eigenvalue weighted by Gasteiger charge is 2.39. The van der Waals surface area contributed by atoms with Gasteiger partial charge in [-0.2, -0.15) is 0 Å². The average molecular weight is 849 g/mol. The summed E-state index contributed by atoms with van der Waals surface area (Å²) in [5, 5.41) is 0. The van der Waals surface area contributed by atoms with Crippen molar-refractivity contribution in [3.8, 4) is 44.5 Å². The Balaban J connectivity index is 1.30. The molecule has 8 aromatic carbocycles. The summed E-state index contributed by atoms with van der Waals surface area (Å²) in [6.45, 7) is 27.3. The van der Waals surface area contributed by atoms with Crippen LogP contribution in [0.25, 0.3) is 44.5 Å². The van der Waals surface area contributed by atoms with Crippen molar-refractivity contribution in [2.45, 2.75) is 110 Å². The van der Waals surface area contributed by atoms with Crippen LogP contribution in [-0.4, -0.2) is 0 Å². The van der Waals surface area contributed by atoms with E-state index in [0.717, 1.165) is 0 Å². The van der Waals surface area contributed by atoms with Crippen LogP contribution in [-0.2, 0) is 27.1 Å². The van der Waals surface area contributed by atoms with Crippen LogP contribution in [0.1, 0.15) is 128 Å². The largest absolute Gasteiger partial charge is 0.0701 e. The Bertz CT molecular complexity index is 2410. The molecule has 0 spiro atoms. The highest BCUT2D eigenvalue weighted by Crippen LogP contribution is 2.47. The van der Waals surface area contributed by atoms with Crippen molar-refractivity contribution < 1.29 is 0 Å². The van der Waals surface area contributed by atoms with Gasteiger partial charge in [-0.1, -0.05) is 277 Å². The van der Waals surface area contributed by atoms with E-state index in [1.807, 2.05) is 0 Å². The molecule has 0 nitrogen and oxygen atoms in total. The second kappa shape index (κ2) is 17.3. The fraction of sp³-hybridized carbons (Fsp3) is 0.262. The monoisotopic (exact) mass is 849 g/mol. The first-order chi connectivity index (χ1) is 30.7. The first-order valence-corrected chi connectivity index (χ1v) is 23.6. The minimum atomic E-state index is -0.632. The van der Waals surface area contributed by atoms with Crippen LogP contribution in [0, 0.1) is 0 Å². The summed E-state index contributed by atoms with van der Waals surface area (Å²) in [5.41, 5.74) is 19.7. The Morgan fingerprint density at radius 1 is 0.154 bits per heavy atom. The lowest BCUT2D eigenvalue weighted by Crippen LogP contribution is -2.31. The summed E-state index contributed by atoms with van der Waals surface area (Å²) in [6.07, 6.45) is 0. The van der Waals surface area contributed by atoms with E-state index < -0.39 is 5.41 Å². The maximum Gasteiger partial charge on any atom is 0.0701 e. The maximum absolute atomic E-state index is 2.37. The first-order valence-electron chi connectivity index (χ1n) is 23.6. The molecule has 0 saturated heterocycles. The zero-order valence-corrected chi connectivity index (χ0v) is 41.0. The zero-order valence-electron chi connectivity index (χ0n) is 41.0. The van der Waals surface area contributed by atoms with Gasteiger partial charge < -0.3 is 0 Å². The van der Waals surface area contributed by atoms with Gasteiger partial charge in [0, 0.05) is 0 Å². The van der Waals surface area contributed by atoms with Crippen LogP contribution in [0.4, 0.5) is 0 Å². The minimum absolute atomic E-state index is 0.101. The molecule has 8 rings (SSSR count). The van der Waals surface area contributed by atoms with Crippen molar-refractivity contribution in [2.24, 2.45) is 0 Å². The Kier molecular flexibility index (Phi) is 12.1. The second-order valence-electron chi connectivity index (χ2n) is 22.4. The number of hydrogen-bond acceptors (Lipinski definition) is 0. The van der Waals surface area contributed by atoms with E-state index in [2.05, 4.69) is 277 Å². The highest BCUT2D eigenvalue weighted by molar-refractivity contribution is 5.73. The van der Waals surface area contributed by atoms with Crippen LogP contribution in [0.5, 0.6) is 0 Å². The molecule has 0 saturated carbocycles. The summed E-state index contributed by atoms with van der Waals surface area (Å²) < 4.78 is 0. The van der Waals surface area contributed by atoms with Gasteiger partial charge in [-0.25, -0.2) is 0 Å². The molecule has 0 amide bonds. The predicted octanol–water partition coefficient (Wildman–Crippen LogP) is 17.9. The highest BCUT2D eigenvalue weighted by atomic mass is 14.4. The van der Waals surface area contributed by atoms with Crippen LogP contribution in [0.3, 0.4) is 0 Å². The number of hydrogen-bond donors (Lipinski definition) is 0. The molecule has 65 heavy (non-hydrogen) atoms. The molecule has 0 unspecified atom stereocenters. The summed E-state index contributed by atoms with van der Waals surface area (Å²) in [5.74, 6) is 0. The average Bonchev–Trinajstić information content (AvgIpc) is 3.29. The summed E-state index contributed by atoms with van der Waals surface area (Å²) in [4.78, 5) is 0. The predicted molar refractivity (Wildman–Crippen MR) is 281 cm³/mol. The van der Waals surface area contributed by atoms with Gasteiger partial charge in [-0.3, -0.25) is 0 Å². The molecular formula is C65H68. The van der Waals surface area contributed by atoms with Crippen molar-refractivity contribution in [1.29, 1.82) is 0 Å². The molecule has 0 aliphatic heterocycles.